The number of anilines is 6. The Morgan fingerprint density at radius 1 is 1.03 bits per heavy atom. The van der Waals surface area contributed by atoms with E-state index in [0.29, 0.717) is 5.95 Å². The van der Waals surface area contributed by atoms with E-state index in [0.717, 1.165) is 47.0 Å². The Hall–Kier alpha value is -3.05. The fourth-order valence-electron chi connectivity index (χ4n) is 4.31. The molecule has 2 aliphatic heterocycles. The molecule has 2 aromatic carbocycles. The van der Waals surface area contributed by atoms with Gasteiger partial charge in [-0.05, 0) is 56.9 Å². The highest BCUT2D eigenvalue weighted by molar-refractivity contribution is 7.70. The first kappa shape index (κ1) is 20.8. The maximum Gasteiger partial charge on any atom is 0.229 e. The third-order valence-electron chi connectivity index (χ3n) is 6.01. The maximum atomic E-state index is 12.7. The predicted molar refractivity (Wildman–Crippen MR) is 132 cm³/mol. The minimum Gasteiger partial charge on any atom is -0.494 e. The van der Waals surface area contributed by atoms with Crippen molar-refractivity contribution >= 4 is 47.0 Å². The van der Waals surface area contributed by atoms with Crippen LogP contribution in [0.5, 0.6) is 5.75 Å². The van der Waals surface area contributed by atoms with E-state index in [1.807, 2.05) is 35.2 Å². The van der Waals surface area contributed by atoms with Crippen LogP contribution in [0.3, 0.4) is 0 Å². The lowest BCUT2D eigenvalue weighted by atomic mass is 10.1. The van der Waals surface area contributed by atoms with Crippen LogP contribution in [0.15, 0.2) is 48.7 Å². The van der Waals surface area contributed by atoms with Crippen LogP contribution >= 0.6 is 7.14 Å². The molecule has 5 rings (SSSR count). The normalized spacial score (nSPS) is 15.3. The maximum absolute atomic E-state index is 12.7. The lowest BCUT2D eigenvalue weighted by Gasteiger charge is -2.29. The molecule has 3 heterocycles. The zero-order valence-corrected chi connectivity index (χ0v) is 19.6. The Bertz CT molecular complexity index is 1200. The molecule has 0 bridgehead atoms. The molecule has 1 N–H and O–H groups in total. The standard InChI is InChI=1S/C24H28N5O2P/c1-31-21-15-17(28-13-7-4-8-14-28)11-12-18(21)26-24-25-16-20-23(27-24)29(20)19-9-5-6-10-22(19)32(2,3)30/h5-6,9-12,15-16H,4,7-8,13-14H2,1-3H3,(H,25,26,27). The number of aromatic nitrogens is 2. The molecule has 0 saturated carbocycles. The highest BCUT2D eigenvalue weighted by atomic mass is 31.2. The Morgan fingerprint density at radius 3 is 2.56 bits per heavy atom. The minimum absolute atomic E-state index is 0.504. The molecule has 1 aromatic heterocycles. The zero-order chi connectivity index (χ0) is 22.3. The number of rotatable bonds is 6. The number of fused-ring (bicyclic) bond motifs is 1. The quantitative estimate of drug-likeness (QED) is 0.318. The molecule has 0 spiro atoms. The van der Waals surface area contributed by atoms with Crippen LogP contribution in [0.2, 0.25) is 0 Å². The van der Waals surface area contributed by atoms with E-state index in [9.17, 15) is 4.57 Å². The molecule has 0 amide bonds. The van der Waals surface area contributed by atoms with Crippen molar-refractivity contribution in [2.24, 2.45) is 0 Å². The second-order valence-electron chi connectivity index (χ2n) is 8.63. The van der Waals surface area contributed by atoms with Crippen molar-refractivity contribution in [3.05, 3.63) is 48.7 Å². The number of nitrogens with one attached hydrogen (secondary N) is 1. The summed E-state index contributed by atoms with van der Waals surface area (Å²) in [6.07, 6.45) is 5.57. The average molecular weight is 449 g/mol. The molecule has 8 heteroatoms. The number of piperidine rings is 1. The summed E-state index contributed by atoms with van der Waals surface area (Å²) in [6.45, 7) is 5.75. The van der Waals surface area contributed by atoms with E-state index < -0.39 is 7.14 Å². The molecule has 0 radical (unpaired) electrons. The number of ether oxygens (including phenoxy) is 1. The van der Waals surface area contributed by atoms with E-state index in [4.69, 9.17) is 4.74 Å². The van der Waals surface area contributed by atoms with Gasteiger partial charge in [-0.25, -0.2) is 4.98 Å². The number of hydrogen-bond acceptors (Lipinski definition) is 7. The Labute approximate surface area is 188 Å². The van der Waals surface area contributed by atoms with Gasteiger partial charge in [0.05, 0.1) is 24.7 Å². The summed E-state index contributed by atoms with van der Waals surface area (Å²) in [5.41, 5.74) is 3.85. The van der Waals surface area contributed by atoms with Gasteiger partial charge >= 0.3 is 0 Å². The average Bonchev–Trinajstić information content (AvgIpc) is 3.52. The fourth-order valence-corrected chi connectivity index (χ4v) is 5.48. The largest absolute Gasteiger partial charge is 0.494 e. The fraction of sp³-hybridized carbons (Fsp3) is 0.333. The van der Waals surface area contributed by atoms with Gasteiger partial charge in [0.1, 0.15) is 18.6 Å². The zero-order valence-electron chi connectivity index (χ0n) is 18.7. The number of nitrogens with zero attached hydrogens (tertiary/aromatic N) is 4. The Morgan fingerprint density at radius 2 is 1.81 bits per heavy atom. The van der Waals surface area contributed by atoms with Crippen molar-refractivity contribution in [3.63, 3.8) is 0 Å². The van der Waals surface area contributed by atoms with Crippen LogP contribution < -0.4 is 25.2 Å². The van der Waals surface area contributed by atoms with Crippen molar-refractivity contribution in [2.45, 2.75) is 19.3 Å². The van der Waals surface area contributed by atoms with Gasteiger partial charge in [0.15, 0.2) is 5.82 Å². The third-order valence-corrected chi connectivity index (χ3v) is 7.55. The molecule has 0 unspecified atom stereocenters. The third kappa shape index (κ3) is 3.93. The van der Waals surface area contributed by atoms with Gasteiger partial charge in [-0.3, -0.25) is 4.90 Å². The van der Waals surface area contributed by atoms with Crippen molar-refractivity contribution in [1.29, 1.82) is 0 Å². The summed E-state index contributed by atoms with van der Waals surface area (Å²) < 4.78 is 18.4. The minimum atomic E-state index is -2.42. The number of benzene rings is 2. The van der Waals surface area contributed by atoms with Crippen LogP contribution in [-0.2, 0) is 4.57 Å². The Balaban J connectivity index is 1.38. The van der Waals surface area contributed by atoms with Gasteiger partial charge in [-0.2, -0.15) is 4.98 Å². The Kier molecular flexibility index (Phi) is 5.30. The van der Waals surface area contributed by atoms with E-state index in [-0.39, 0.29) is 0 Å². The predicted octanol–water partition coefficient (Wildman–Crippen LogP) is 5.25. The highest BCUT2D eigenvalue weighted by Gasteiger charge is 2.36. The lowest BCUT2D eigenvalue weighted by Crippen LogP contribution is -2.29. The van der Waals surface area contributed by atoms with Crippen LogP contribution in [0.1, 0.15) is 19.3 Å². The van der Waals surface area contributed by atoms with Gasteiger partial charge in [0.25, 0.3) is 0 Å². The van der Waals surface area contributed by atoms with Gasteiger partial charge in [0.2, 0.25) is 5.95 Å². The summed E-state index contributed by atoms with van der Waals surface area (Å²) in [4.78, 5) is 13.6. The molecule has 32 heavy (non-hydrogen) atoms. The van der Waals surface area contributed by atoms with E-state index in [1.54, 1.807) is 26.6 Å². The molecule has 1 fully saturated rings. The first-order chi connectivity index (χ1) is 15.5. The molecule has 2 aliphatic rings. The molecule has 1 saturated heterocycles. The summed E-state index contributed by atoms with van der Waals surface area (Å²) in [5.74, 6) is 2.10. The van der Waals surface area contributed by atoms with E-state index in [1.165, 1.54) is 24.9 Å². The summed E-state index contributed by atoms with van der Waals surface area (Å²) in [5, 5.41) is 4.15. The van der Waals surface area contributed by atoms with Crippen molar-refractivity contribution < 1.29 is 9.30 Å². The van der Waals surface area contributed by atoms with Crippen molar-refractivity contribution in [2.75, 3.05) is 48.6 Å². The number of methoxy groups -OCH3 is 1. The molecule has 166 valence electrons. The van der Waals surface area contributed by atoms with Crippen LogP contribution in [0.4, 0.5) is 34.5 Å². The molecule has 7 nitrogen and oxygen atoms in total. The summed E-state index contributed by atoms with van der Waals surface area (Å²) in [7, 11) is -0.737. The SMILES string of the molecule is COc1cc(N2CCCCC2)ccc1Nc1ncc2c(n1)N2c1ccccc1P(C)(C)=O. The van der Waals surface area contributed by atoms with Crippen molar-refractivity contribution in [1.82, 2.24) is 9.97 Å². The first-order valence-corrected chi connectivity index (χ1v) is 13.6. The molecule has 0 aliphatic carbocycles. The molecule has 3 aromatic rings. The first-order valence-electron chi connectivity index (χ1n) is 11.0. The van der Waals surface area contributed by atoms with Crippen LogP contribution in [-0.4, -0.2) is 43.5 Å². The molecule has 0 atom stereocenters. The van der Waals surface area contributed by atoms with Crippen LogP contribution in [0.25, 0.3) is 0 Å². The number of para-hydroxylation sites is 1. The molecular formula is C24H28N5O2P. The second kappa shape index (κ2) is 8.14. The topological polar surface area (TPSA) is 70.4 Å². The van der Waals surface area contributed by atoms with Crippen LogP contribution in [0, 0.1) is 0 Å². The van der Waals surface area contributed by atoms with E-state index >= 15 is 0 Å². The van der Waals surface area contributed by atoms with Gasteiger partial charge in [-0.1, -0.05) is 12.1 Å². The smallest absolute Gasteiger partial charge is 0.229 e. The summed E-state index contributed by atoms with van der Waals surface area (Å²) in [6, 6.07) is 14.0. The van der Waals surface area contributed by atoms with Gasteiger partial charge < -0.3 is 19.5 Å². The van der Waals surface area contributed by atoms with Gasteiger partial charge in [0, 0.05) is 30.1 Å². The number of hydrogen-bond donors (Lipinski definition) is 1. The van der Waals surface area contributed by atoms with Crippen molar-refractivity contribution in [3.8, 4) is 5.75 Å². The highest BCUT2D eigenvalue weighted by Crippen LogP contribution is 2.54. The van der Waals surface area contributed by atoms with Gasteiger partial charge in [-0.15, -0.1) is 0 Å². The lowest BCUT2D eigenvalue weighted by molar-refractivity contribution is 0.416. The molecular weight excluding hydrogens is 421 g/mol. The van der Waals surface area contributed by atoms with E-state index in [2.05, 4.69) is 32.3 Å². The monoisotopic (exact) mass is 449 g/mol. The summed E-state index contributed by atoms with van der Waals surface area (Å²) >= 11 is 0. The second-order valence-corrected chi connectivity index (χ2v) is 11.8.